The zero-order valence-corrected chi connectivity index (χ0v) is 10.0. The number of pyridine rings is 1. The van der Waals surface area contributed by atoms with Gasteiger partial charge in [0, 0.05) is 13.6 Å². The van der Waals surface area contributed by atoms with E-state index in [1.807, 2.05) is 11.9 Å². The molecule has 0 atom stereocenters. The van der Waals surface area contributed by atoms with Crippen molar-refractivity contribution in [2.24, 2.45) is 0 Å². The summed E-state index contributed by atoms with van der Waals surface area (Å²) in [7, 11) is 1.90. The van der Waals surface area contributed by atoms with Gasteiger partial charge in [-0.3, -0.25) is 0 Å². The van der Waals surface area contributed by atoms with Gasteiger partial charge >= 0.3 is 0 Å². The lowest BCUT2D eigenvalue weighted by atomic mass is 10.1. The lowest BCUT2D eigenvalue weighted by molar-refractivity contribution is 0.582. The second-order valence-corrected chi connectivity index (χ2v) is 4.16. The van der Waals surface area contributed by atoms with Crippen molar-refractivity contribution in [2.45, 2.75) is 13.5 Å². The molecule has 17 heavy (non-hydrogen) atoms. The summed E-state index contributed by atoms with van der Waals surface area (Å²) in [4.78, 5) is 5.77. The summed E-state index contributed by atoms with van der Waals surface area (Å²) in [5, 5.41) is 0. The van der Waals surface area contributed by atoms with Crippen LogP contribution in [0, 0.1) is 12.9 Å². The Morgan fingerprint density at radius 2 is 1.82 bits per heavy atom. The molecule has 0 aliphatic carbocycles. The number of rotatable bonds is 3. The Morgan fingerprint density at radius 3 is 2.47 bits per heavy atom. The number of aryl methyl sites for hydroxylation is 1. The van der Waals surface area contributed by atoms with Crippen LogP contribution in [0.3, 0.4) is 0 Å². The second kappa shape index (κ2) is 4.95. The van der Waals surface area contributed by atoms with Gasteiger partial charge in [0.1, 0.15) is 5.82 Å². The Kier molecular flexibility index (Phi) is 3.38. The molecular formula is C14H15FN2. The van der Waals surface area contributed by atoms with Crippen LogP contribution >= 0.6 is 0 Å². The number of nitrogens with zero attached hydrogens (tertiary/aromatic N) is 2. The molecule has 88 valence electrons. The van der Waals surface area contributed by atoms with Crippen molar-refractivity contribution in [1.82, 2.24) is 4.98 Å². The molecule has 0 saturated carbocycles. The summed E-state index contributed by atoms with van der Waals surface area (Å²) in [6, 6.07) is 13.1. The van der Waals surface area contributed by atoms with Crippen molar-refractivity contribution in [3.05, 3.63) is 59.5 Å². The number of hydrogen-bond donors (Lipinski definition) is 0. The van der Waals surface area contributed by atoms with Crippen molar-refractivity contribution < 1.29 is 4.39 Å². The van der Waals surface area contributed by atoms with Gasteiger partial charge in [0.15, 0.2) is 0 Å². The molecule has 0 aliphatic rings. The van der Waals surface area contributed by atoms with Gasteiger partial charge in [-0.2, -0.15) is 4.39 Å². The molecule has 0 N–H and O–H groups in total. The monoisotopic (exact) mass is 230 g/mol. The Labute approximate surface area is 101 Å². The molecule has 0 spiro atoms. The van der Waals surface area contributed by atoms with Gasteiger partial charge < -0.3 is 4.90 Å². The molecule has 3 heteroatoms. The van der Waals surface area contributed by atoms with Gasteiger partial charge in [0.05, 0.1) is 0 Å². The molecule has 0 fully saturated rings. The van der Waals surface area contributed by atoms with Crippen LogP contribution in [0.25, 0.3) is 0 Å². The zero-order valence-electron chi connectivity index (χ0n) is 10.0. The van der Waals surface area contributed by atoms with E-state index in [0.717, 1.165) is 6.54 Å². The number of hydrogen-bond acceptors (Lipinski definition) is 2. The Balaban J connectivity index is 2.11. The smallest absolute Gasteiger partial charge is 0.214 e. The van der Waals surface area contributed by atoms with Crippen molar-refractivity contribution in [3.8, 4) is 0 Å². The molecule has 1 aromatic heterocycles. The summed E-state index contributed by atoms with van der Waals surface area (Å²) in [6.07, 6.45) is 0. The molecule has 0 saturated heterocycles. The minimum Gasteiger partial charge on any atom is -0.355 e. The van der Waals surface area contributed by atoms with Gasteiger partial charge in [0.2, 0.25) is 5.95 Å². The maximum Gasteiger partial charge on any atom is 0.214 e. The number of halogens is 1. The largest absolute Gasteiger partial charge is 0.355 e. The molecule has 1 aromatic carbocycles. The first kappa shape index (κ1) is 11.6. The molecule has 0 aliphatic heterocycles. The summed E-state index contributed by atoms with van der Waals surface area (Å²) < 4.78 is 13.0. The van der Waals surface area contributed by atoms with Crippen LogP contribution in [0.1, 0.15) is 11.1 Å². The van der Waals surface area contributed by atoms with E-state index in [-0.39, 0.29) is 0 Å². The third kappa shape index (κ3) is 3.03. The predicted octanol–water partition coefficient (Wildman–Crippen LogP) is 3.17. The molecular weight excluding hydrogens is 215 g/mol. The van der Waals surface area contributed by atoms with E-state index < -0.39 is 5.95 Å². The van der Waals surface area contributed by atoms with Gasteiger partial charge in [-0.25, -0.2) is 4.98 Å². The minimum absolute atomic E-state index is 0.446. The fourth-order valence-electron chi connectivity index (χ4n) is 1.66. The van der Waals surface area contributed by atoms with Crippen LogP contribution in [0.2, 0.25) is 0 Å². The summed E-state index contributed by atoms with van der Waals surface area (Å²) in [5.74, 6) is 0.198. The van der Waals surface area contributed by atoms with E-state index in [0.29, 0.717) is 5.82 Å². The first-order valence-corrected chi connectivity index (χ1v) is 5.54. The standard InChI is InChI=1S/C14H15FN2/c1-11-6-8-12(9-7-11)10-17(2)14-5-3-4-13(15)16-14/h3-9H,10H2,1-2H3. The Bertz CT molecular complexity index is 494. The van der Waals surface area contributed by atoms with Gasteiger partial charge in [0.25, 0.3) is 0 Å². The SMILES string of the molecule is Cc1ccc(CN(C)c2cccc(F)n2)cc1. The minimum atomic E-state index is -0.446. The third-order valence-electron chi connectivity index (χ3n) is 2.63. The first-order valence-electron chi connectivity index (χ1n) is 5.54. The average molecular weight is 230 g/mol. The molecule has 0 bridgehead atoms. The van der Waals surface area contributed by atoms with E-state index in [1.165, 1.54) is 17.2 Å². The van der Waals surface area contributed by atoms with Crippen LogP contribution in [-0.2, 0) is 6.54 Å². The lowest BCUT2D eigenvalue weighted by Gasteiger charge is -2.18. The highest BCUT2D eigenvalue weighted by molar-refractivity contribution is 5.38. The summed E-state index contributed by atoms with van der Waals surface area (Å²) in [6.45, 7) is 2.78. The van der Waals surface area contributed by atoms with Crippen LogP contribution in [-0.4, -0.2) is 12.0 Å². The van der Waals surface area contributed by atoms with E-state index in [1.54, 1.807) is 12.1 Å². The van der Waals surface area contributed by atoms with E-state index in [2.05, 4.69) is 36.2 Å². The summed E-state index contributed by atoms with van der Waals surface area (Å²) in [5.41, 5.74) is 2.42. The van der Waals surface area contributed by atoms with Crippen LogP contribution < -0.4 is 4.90 Å². The number of aromatic nitrogens is 1. The topological polar surface area (TPSA) is 16.1 Å². The Morgan fingerprint density at radius 1 is 1.12 bits per heavy atom. The van der Waals surface area contributed by atoms with Gasteiger partial charge in [-0.1, -0.05) is 35.9 Å². The van der Waals surface area contributed by atoms with Crippen LogP contribution in [0.5, 0.6) is 0 Å². The fourth-order valence-corrected chi connectivity index (χ4v) is 1.66. The number of benzene rings is 1. The van der Waals surface area contributed by atoms with E-state index in [9.17, 15) is 4.39 Å². The third-order valence-corrected chi connectivity index (χ3v) is 2.63. The van der Waals surface area contributed by atoms with Gasteiger partial charge in [-0.15, -0.1) is 0 Å². The number of anilines is 1. The second-order valence-electron chi connectivity index (χ2n) is 4.16. The maximum atomic E-state index is 13.0. The first-order chi connectivity index (χ1) is 8.15. The van der Waals surface area contributed by atoms with Gasteiger partial charge in [-0.05, 0) is 24.6 Å². The highest BCUT2D eigenvalue weighted by Crippen LogP contribution is 2.13. The molecule has 0 radical (unpaired) electrons. The molecule has 2 nitrogen and oxygen atoms in total. The average Bonchev–Trinajstić information content (AvgIpc) is 2.32. The molecule has 0 unspecified atom stereocenters. The quantitative estimate of drug-likeness (QED) is 0.753. The fraction of sp³-hybridized carbons (Fsp3) is 0.214. The lowest BCUT2D eigenvalue weighted by Crippen LogP contribution is -2.17. The zero-order chi connectivity index (χ0) is 12.3. The summed E-state index contributed by atoms with van der Waals surface area (Å²) >= 11 is 0. The maximum absolute atomic E-state index is 13.0. The molecule has 2 aromatic rings. The molecule has 0 amide bonds. The van der Waals surface area contributed by atoms with Crippen LogP contribution in [0.15, 0.2) is 42.5 Å². The highest BCUT2D eigenvalue weighted by Gasteiger charge is 2.04. The van der Waals surface area contributed by atoms with E-state index >= 15 is 0 Å². The van der Waals surface area contributed by atoms with E-state index in [4.69, 9.17) is 0 Å². The molecule has 2 rings (SSSR count). The van der Waals surface area contributed by atoms with Crippen molar-refractivity contribution in [2.75, 3.05) is 11.9 Å². The van der Waals surface area contributed by atoms with Crippen molar-refractivity contribution >= 4 is 5.82 Å². The van der Waals surface area contributed by atoms with Crippen LogP contribution in [0.4, 0.5) is 10.2 Å². The normalized spacial score (nSPS) is 10.3. The van der Waals surface area contributed by atoms with Crippen molar-refractivity contribution in [3.63, 3.8) is 0 Å². The highest BCUT2D eigenvalue weighted by atomic mass is 19.1. The predicted molar refractivity (Wildman–Crippen MR) is 67.5 cm³/mol. The van der Waals surface area contributed by atoms with Crippen molar-refractivity contribution in [1.29, 1.82) is 0 Å². The molecule has 1 heterocycles. The Hall–Kier alpha value is -1.90.